The van der Waals surface area contributed by atoms with Gasteiger partial charge in [0.1, 0.15) is 0 Å². The molecule has 0 aliphatic heterocycles. The fourth-order valence-corrected chi connectivity index (χ4v) is 1.89. The molecule has 1 N–H and O–H groups in total. The number of rotatable bonds is 6. The first-order valence-corrected chi connectivity index (χ1v) is 6.20. The number of aromatic nitrogens is 4. The third-order valence-electron chi connectivity index (χ3n) is 2.73. The predicted octanol–water partition coefficient (Wildman–Crippen LogP) is 1.01. The topological polar surface area (TPSA) is 68.8 Å². The Bertz CT molecular complexity index is 502. The van der Waals surface area contributed by atoms with Crippen LogP contribution in [0.2, 0.25) is 0 Å². The summed E-state index contributed by atoms with van der Waals surface area (Å²) in [6, 6.07) is 0. The molecule has 6 nitrogen and oxygen atoms in total. The summed E-state index contributed by atoms with van der Waals surface area (Å²) in [5.41, 5.74) is 2.40. The quantitative estimate of drug-likeness (QED) is 0.774. The summed E-state index contributed by atoms with van der Waals surface area (Å²) >= 11 is 0. The van der Waals surface area contributed by atoms with Crippen LogP contribution >= 0.6 is 0 Å². The van der Waals surface area contributed by atoms with Gasteiger partial charge in [0, 0.05) is 38.3 Å². The summed E-state index contributed by atoms with van der Waals surface area (Å²) in [5, 5.41) is 11.5. The highest BCUT2D eigenvalue weighted by Gasteiger charge is 2.06. The standard InChI is InChI=1S/C12H19N5O/c1-4-11-10(8-17(3)15-11)7-13-6-5-12-14-9(2)16-18-12/h8,13H,4-7H2,1-3H3. The van der Waals surface area contributed by atoms with Gasteiger partial charge in [-0.2, -0.15) is 10.1 Å². The Morgan fingerprint density at radius 3 is 2.94 bits per heavy atom. The lowest BCUT2D eigenvalue weighted by atomic mass is 10.2. The van der Waals surface area contributed by atoms with E-state index in [0.29, 0.717) is 11.7 Å². The third-order valence-corrected chi connectivity index (χ3v) is 2.73. The van der Waals surface area contributed by atoms with Crippen LogP contribution in [0.3, 0.4) is 0 Å². The molecule has 0 amide bonds. The predicted molar refractivity (Wildman–Crippen MR) is 67.0 cm³/mol. The second-order valence-electron chi connectivity index (χ2n) is 4.29. The molecule has 0 fully saturated rings. The van der Waals surface area contributed by atoms with Gasteiger partial charge in [0.2, 0.25) is 5.89 Å². The molecule has 2 heterocycles. The lowest BCUT2D eigenvalue weighted by Crippen LogP contribution is -2.17. The van der Waals surface area contributed by atoms with Gasteiger partial charge in [0.25, 0.3) is 0 Å². The highest BCUT2D eigenvalue weighted by atomic mass is 16.5. The van der Waals surface area contributed by atoms with Crippen LogP contribution in [0.5, 0.6) is 0 Å². The average Bonchev–Trinajstić information content (AvgIpc) is 2.91. The Kier molecular flexibility index (Phi) is 4.09. The van der Waals surface area contributed by atoms with Gasteiger partial charge in [-0.25, -0.2) is 0 Å². The number of nitrogens with one attached hydrogen (secondary N) is 1. The van der Waals surface area contributed by atoms with Crippen molar-refractivity contribution >= 4 is 0 Å². The van der Waals surface area contributed by atoms with E-state index in [1.165, 1.54) is 5.56 Å². The molecule has 0 aliphatic rings. The van der Waals surface area contributed by atoms with Crippen LogP contribution in [-0.4, -0.2) is 26.5 Å². The number of nitrogens with zero attached hydrogens (tertiary/aromatic N) is 4. The van der Waals surface area contributed by atoms with Crippen molar-refractivity contribution in [3.8, 4) is 0 Å². The lowest BCUT2D eigenvalue weighted by Gasteiger charge is -2.02. The smallest absolute Gasteiger partial charge is 0.227 e. The first-order chi connectivity index (χ1) is 8.69. The number of hydrogen-bond donors (Lipinski definition) is 1. The maximum absolute atomic E-state index is 5.05. The molecule has 0 aliphatic carbocycles. The van der Waals surface area contributed by atoms with Crippen molar-refractivity contribution in [3.63, 3.8) is 0 Å². The molecule has 0 saturated heterocycles. The zero-order valence-electron chi connectivity index (χ0n) is 11.1. The fourth-order valence-electron chi connectivity index (χ4n) is 1.89. The molecule has 0 unspecified atom stereocenters. The Morgan fingerprint density at radius 2 is 2.28 bits per heavy atom. The normalized spacial score (nSPS) is 11.1. The molecule has 0 aromatic carbocycles. The van der Waals surface area contributed by atoms with Crippen molar-refractivity contribution < 1.29 is 4.52 Å². The Morgan fingerprint density at radius 1 is 1.44 bits per heavy atom. The molecule has 0 atom stereocenters. The highest BCUT2D eigenvalue weighted by Crippen LogP contribution is 2.06. The van der Waals surface area contributed by atoms with Crippen LogP contribution in [0.1, 0.15) is 29.9 Å². The van der Waals surface area contributed by atoms with Gasteiger partial charge in [-0.15, -0.1) is 0 Å². The monoisotopic (exact) mass is 249 g/mol. The molecule has 2 aromatic heterocycles. The van der Waals surface area contributed by atoms with Gasteiger partial charge in [-0.05, 0) is 13.3 Å². The first kappa shape index (κ1) is 12.8. The van der Waals surface area contributed by atoms with Gasteiger partial charge in [-0.3, -0.25) is 4.68 Å². The Labute approximate surface area is 106 Å². The number of hydrogen-bond acceptors (Lipinski definition) is 5. The van der Waals surface area contributed by atoms with Crippen molar-refractivity contribution in [2.45, 2.75) is 33.2 Å². The minimum atomic E-state index is 0.682. The number of aryl methyl sites for hydroxylation is 3. The molecule has 2 rings (SSSR count). The molecule has 0 spiro atoms. The second-order valence-corrected chi connectivity index (χ2v) is 4.29. The van der Waals surface area contributed by atoms with E-state index in [9.17, 15) is 0 Å². The highest BCUT2D eigenvalue weighted by molar-refractivity contribution is 5.16. The van der Waals surface area contributed by atoms with E-state index >= 15 is 0 Å². The molecule has 6 heteroatoms. The molecule has 0 bridgehead atoms. The van der Waals surface area contributed by atoms with Gasteiger partial charge in [0.05, 0.1) is 5.69 Å². The average molecular weight is 249 g/mol. The molecular formula is C12H19N5O. The van der Waals surface area contributed by atoms with E-state index < -0.39 is 0 Å². The second kappa shape index (κ2) is 5.77. The van der Waals surface area contributed by atoms with Crippen molar-refractivity contribution in [2.75, 3.05) is 6.54 Å². The Hall–Kier alpha value is -1.69. The minimum absolute atomic E-state index is 0.682. The van der Waals surface area contributed by atoms with Crippen molar-refractivity contribution in [2.24, 2.45) is 7.05 Å². The van der Waals surface area contributed by atoms with E-state index in [4.69, 9.17) is 4.52 Å². The van der Waals surface area contributed by atoms with Gasteiger partial charge < -0.3 is 9.84 Å². The first-order valence-electron chi connectivity index (χ1n) is 6.20. The molecule has 98 valence electrons. The zero-order chi connectivity index (χ0) is 13.0. The molecule has 18 heavy (non-hydrogen) atoms. The van der Waals surface area contributed by atoms with Crippen LogP contribution in [0.15, 0.2) is 10.7 Å². The van der Waals surface area contributed by atoms with Crippen LogP contribution in [-0.2, 0) is 26.4 Å². The van der Waals surface area contributed by atoms with Gasteiger partial charge in [0.15, 0.2) is 5.82 Å². The minimum Gasteiger partial charge on any atom is -0.339 e. The maximum Gasteiger partial charge on any atom is 0.227 e. The fraction of sp³-hybridized carbons (Fsp3) is 0.583. The van der Waals surface area contributed by atoms with Crippen molar-refractivity contribution in [3.05, 3.63) is 29.2 Å². The summed E-state index contributed by atoms with van der Waals surface area (Å²) in [4.78, 5) is 4.16. The summed E-state index contributed by atoms with van der Waals surface area (Å²) in [6.07, 6.45) is 3.77. The summed E-state index contributed by atoms with van der Waals surface area (Å²) in [7, 11) is 1.95. The van der Waals surface area contributed by atoms with E-state index in [1.807, 2.05) is 18.7 Å². The summed E-state index contributed by atoms with van der Waals surface area (Å²) in [5.74, 6) is 1.37. The van der Waals surface area contributed by atoms with E-state index in [2.05, 4.69) is 33.7 Å². The van der Waals surface area contributed by atoms with E-state index in [-0.39, 0.29) is 0 Å². The molecule has 0 radical (unpaired) electrons. The van der Waals surface area contributed by atoms with Crippen molar-refractivity contribution in [1.29, 1.82) is 0 Å². The Balaban J connectivity index is 1.78. The summed E-state index contributed by atoms with van der Waals surface area (Å²) < 4.78 is 6.91. The molecular weight excluding hydrogens is 230 g/mol. The maximum atomic E-state index is 5.05. The van der Waals surface area contributed by atoms with Crippen LogP contribution < -0.4 is 5.32 Å². The third kappa shape index (κ3) is 3.16. The lowest BCUT2D eigenvalue weighted by molar-refractivity contribution is 0.372. The zero-order valence-corrected chi connectivity index (χ0v) is 11.1. The SMILES string of the molecule is CCc1nn(C)cc1CNCCc1nc(C)no1. The van der Waals surface area contributed by atoms with Crippen LogP contribution in [0, 0.1) is 6.92 Å². The summed E-state index contributed by atoms with van der Waals surface area (Å²) in [6.45, 7) is 5.58. The largest absolute Gasteiger partial charge is 0.339 e. The van der Waals surface area contributed by atoms with Gasteiger partial charge >= 0.3 is 0 Å². The van der Waals surface area contributed by atoms with Crippen molar-refractivity contribution in [1.82, 2.24) is 25.2 Å². The van der Waals surface area contributed by atoms with Crippen LogP contribution in [0.4, 0.5) is 0 Å². The van der Waals surface area contributed by atoms with E-state index in [0.717, 1.165) is 31.6 Å². The van der Waals surface area contributed by atoms with Gasteiger partial charge in [-0.1, -0.05) is 12.1 Å². The van der Waals surface area contributed by atoms with Crippen LogP contribution in [0.25, 0.3) is 0 Å². The molecule has 2 aromatic rings. The molecule has 0 saturated carbocycles. The van der Waals surface area contributed by atoms with E-state index in [1.54, 1.807) is 0 Å².